The summed E-state index contributed by atoms with van der Waals surface area (Å²) in [5.74, 6) is 1.81. The number of hydrogen-bond donors (Lipinski definition) is 0. The van der Waals surface area contributed by atoms with Crippen LogP contribution in [0.4, 0.5) is 17.1 Å². The van der Waals surface area contributed by atoms with Gasteiger partial charge in [-0.25, -0.2) is 4.98 Å². The molecule has 0 atom stereocenters. The summed E-state index contributed by atoms with van der Waals surface area (Å²) in [6.07, 6.45) is 0. The van der Waals surface area contributed by atoms with Crippen molar-refractivity contribution in [1.82, 2.24) is 19.5 Å². The summed E-state index contributed by atoms with van der Waals surface area (Å²) < 4.78 is 2.18. The van der Waals surface area contributed by atoms with E-state index in [9.17, 15) is 0 Å². The van der Waals surface area contributed by atoms with Gasteiger partial charge in [-0.2, -0.15) is 9.97 Å². The van der Waals surface area contributed by atoms with Crippen LogP contribution in [-0.4, -0.2) is 19.5 Å². The first-order valence-electron chi connectivity index (χ1n) is 18.8. The minimum absolute atomic E-state index is 0.575. The van der Waals surface area contributed by atoms with Crippen LogP contribution in [0.1, 0.15) is 0 Å². The summed E-state index contributed by atoms with van der Waals surface area (Å²) in [5, 5.41) is 2.30. The van der Waals surface area contributed by atoms with Gasteiger partial charge in [-0.05, 0) is 70.8 Å². The number of aromatic nitrogens is 4. The normalized spacial score (nSPS) is 11.2. The predicted molar refractivity (Wildman–Crippen MR) is 231 cm³/mol. The average molecular weight is 718 g/mol. The first kappa shape index (κ1) is 33.0. The van der Waals surface area contributed by atoms with Gasteiger partial charge in [-0.1, -0.05) is 164 Å². The van der Waals surface area contributed by atoms with Gasteiger partial charge in [0.25, 0.3) is 0 Å². The molecule has 5 heteroatoms. The zero-order valence-electron chi connectivity index (χ0n) is 30.4. The van der Waals surface area contributed by atoms with Crippen LogP contribution in [0.5, 0.6) is 0 Å². The third kappa shape index (κ3) is 6.17. The summed E-state index contributed by atoms with van der Waals surface area (Å²) in [7, 11) is 0. The van der Waals surface area contributed by atoms with E-state index in [2.05, 4.69) is 173 Å². The molecular formula is C51H35N5. The summed E-state index contributed by atoms with van der Waals surface area (Å²) in [6, 6.07) is 73.9. The monoisotopic (exact) mass is 717 g/mol. The van der Waals surface area contributed by atoms with Crippen molar-refractivity contribution in [2.45, 2.75) is 0 Å². The fourth-order valence-electron chi connectivity index (χ4n) is 7.52. The Morgan fingerprint density at radius 3 is 1.32 bits per heavy atom. The molecular weight excluding hydrogens is 683 g/mol. The molecule has 5 nitrogen and oxygen atoms in total. The first-order valence-corrected chi connectivity index (χ1v) is 18.8. The largest absolute Gasteiger partial charge is 0.311 e. The van der Waals surface area contributed by atoms with Crippen molar-refractivity contribution in [3.8, 4) is 51.0 Å². The molecule has 2 heterocycles. The molecule has 0 amide bonds. The zero-order valence-corrected chi connectivity index (χ0v) is 30.4. The number of nitrogens with zero attached hydrogens (tertiary/aromatic N) is 5. The maximum atomic E-state index is 5.20. The Hall–Kier alpha value is -7.63. The molecule has 0 aliphatic heterocycles. The second-order valence-corrected chi connectivity index (χ2v) is 13.7. The molecule has 264 valence electrons. The van der Waals surface area contributed by atoms with E-state index in [1.165, 1.54) is 0 Å². The predicted octanol–water partition coefficient (Wildman–Crippen LogP) is 13.1. The number of benzene rings is 8. The van der Waals surface area contributed by atoms with Gasteiger partial charge in [0.15, 0.2) is 11.6 Å². The lowest BCUT2D eigenvalue weighted by molar-refractivity contribution is 0.953. The lowest BCUT2D eigenvalue weighted by atomic mass is 10.0. The molecule has 10 rings (SSSR count). The Bertz CT molecular complexity index is 2890. The number of fused-ring (bicyclic) bond motifs is 3. The fraction of sp³-hybridized carbons (Fsp3) is 0. The van der Waals surface area contributed by atoms with Gasteiger partial charge in [-0.3, -0.25) is 4.57 Å². The van der Waals surface area contributed by atoms with Crippen molar-refractivity contribution < 1.29 is 0 Å². The van der Waals surface area contributed by atoms with Gasteiger partial charge >= 0.3 is 0 Å². The van der Waals surface area contributed by atoms with Gasteiger partial charge < -0.3 is 4.90 Å². The Balaban J connectivity index is 1.05. The highest BCUT2D eigenvalue weighted by Gasteiger charge is 2.19. The average Bonchev–Trinajstić information content (AvgIpc) is 3.62. The van der Waals surface area contributed by atoms with Crippen LogP contribution < -0.4 is 4.90 Å². The van der Waals surface area contributed by atoms with E-state index in [0.29, 0.717) is 17.6 Å². The lowest BCUT2D eigenvalue weighted by Gasteiger charge is -2.25. The van der Waals surface area contributed by atoms with E-state index in [1.54, 1.807) is 0 Å². The highest BCUT2D eigenvalue weighted by molar-refractivity contribution is 6.10. The summed E-state index contributed by atoms with van der Waals surface area (Å²) in [4.78, 5) is 17.7. The van der Waals surface area contributed by atoms with Crippen LogP contribution in [0, 0.1) is 0 Å². The fourth-order valence-corrected chi connectivity index (χ4v) is 7.52. The third-order valence-corrected chi connectivity index (χ3v) is 10.3. The Labute approximate surface area is 325 Å². The molecule has 0 spiro atoms. The van der Waals surface area contributed by atoms with Crippen molar-refractivity contribution in [2.24, 2.45) is 0 Å². The van der Waals surface area contributed by atoms with Gasteiger partial charge in [0.1, 0.15) is 0 Å². The Kier molecular flexibility index (Phi) is 8.43. The molecule has 10 aromatic rings. The smallest absolute Gasteiger partial charge is 0.238 e. The van der Waals surface area contributed by atoms with Gasteiger partial charge in [-0.15, -0.1) is 0 Å². The minimum Gasteiger partial charge on any atom is -0.311 e. The molecule has 0 saturated carbocycles. The molecule has 0 saturated heterocycles. The van der Waals surface area contributed by atoms with Crippen molar-refractivity contribution in [3.05, 3.63) is 212 Å². The molecule has 2 aromatic heterocycles. The van der Waals surface area contributed by atoms with Crippen LogP contribution in [0.3, 0.4) is 0 Å². The maximum absolute atomic E-state index is 5.20. The first-order chi connectivity index (χ1) is 27.8. The molecule has 0 N–H and O–H groups in total. The molecule has 0 radical (unpaired) electrons. The maximum Gasteiger partial charge on any atom is 0.238 e. The summed E-state index contributed by atoms with van der Waals surface area (Å²) in [5.41, 5.74) is 11.8. The van der Waals surface area contributed by atoms with E-state index in [0.717, 1.165) is 72.2 Å². The second-order valence-electron chi connectivity index (χ2n) is 13.7. The molecule has 0 aliphatic rings. The second kappa shape index (κ2) is 14.3. The van der Waals surface area contributed by atoms with Gasteiger partial charge in [0, 0.05) is 39.0 Å². The topological polar surface area (TPSA) is 46.8 Å². The standard InChI is InChI=1S/C51H35N5/c1-5-15-36(16-6-1)41-31-34-46-45-23-13-14-24-47(45)56(48(46)35-41)51-53-49(39-17-7-2-8-18-39)52-50(54-51)40-27-25-37(26-28-40)38-29-32-44(33-30-38)55(42-19-9-3-10-20-42)43-21-11-4-12-22-43/h1-35H. The van der Waals surface area contributed by atoms with Crippen molar-refractivity contribution in [2.75, 3.05) is 4.90 Å². The lowest BCUT2D eigenvalue weighted by Crippen LogP contribution is -2.09. The quantitative estimate of drug-likeness (QED) is 0.157. The number of hydrogen-bond acceptors (Lipinski definition) is 4. The molecule has 0 bridgehead atoms. The SMILES string of the molecule is c1ccc(-c2ccc3c4ccccc4n(-c4nc(-c5ccccc5)nc(-c5ccc(-c6ccc(N(c7ccccc7)c7ccccc7)cc6)cc5)n4)c3c2)cc1. The Morgan fingerprint density at radius 1 is 0.304 bits per heavy atom. The summed E-state index contributed by atoms with van der Waals surface area (Å²) in [6.45, 7) is 0. The van der Waals surface area contributed by atoms with Gasteiger partial charge in [0.05, 0.1) is 11.0 Å². The third-order valence-electron chi connectivity index (χ3n) is 10.3. The molecule has 0 fully saturated rings. The van der Waals surface area contributed by atoms with Crippen LogP contribution >= 0.6 is 0 Å². The van der Waals surface area contributed by atoms with Gasteiger partial charge in [0.2, 0.25) is 5.95 Å². The van der Waals surface area contributed by atoms with E-state index in [-0.39, 0.29) is 0 Å². The highest BCUT2D eigenvalue weighted by atomic mass is 15.2. The van der Waals surface area contributed by atoms with E-state index in [1.807, 2.05) is 48.5 Å². The zero-order chi connectivity index (χ0) is 37.3. The van der Waals surface area contributed by atoms with Crippen molar-refractivity contribution in [1.29, 1.82) is 0 Å². The molecule has 0 aliphatic carbocycles. The van der Waals surface area contributed by atoms with Crippen LogP contribution in [-0.2, 0) is 0 Å². The van der Waals surface area contributed by atoms with Crippen LogP contribution in [0.25, 0.3) is 72.8 Å². The van der Waals surface area contributed by atoms with E-state index < -0.39 is 0 Å². The Morgan fingerprint density at radius 2 is 0.714 bits per heavy atom. The highest BCUT2D eigenvalue weighted by Crippen LogP contribution is 2.37. The number of anilines is 3. The minimum atomic E-state index is 0.575. The summed E-state index contributed by atoms with van der Waals surface area (Å²) >= 11 is 0. The van der Waals surface area contributed by atoms with Crippen molar-refractivity contribution in [3.63, 3.8) is 0 Å². The molecule has 56 heavy (non-hydrogen) atoms. The van der Waals surface area contributed by atoms with Crippen LogP contribution in [0.2, 0.25) is 0 Å². The van der Waals surface area contributed by atoms with E-state index >= 15 is 0 Å². The van der Waals surface area contributed by atoms with Crippen molar-refractivity contribution >= 4 is 38.9 Å². The molecule has 0 unspecified atom stereocenters. The number of rotatable bonds is 8. The molecule has 8 aromatic carbocycles. The van der Waals surface area contributed by atoms with E-state index in [4.69, 9.17) is 15.0 Å². The van der Waals surface area contributed by atoms with Crippen LogP contribution in [0.15, 0.2) is 212 Å². The number of para-hydroxylation sites is 3.